The monoisotopic (exact) mass is 267 g/mol. The van der Waals surface area contributed by atoms with E-state index in [1.54, 1.807) is 0 Å². The molecule has 2 aliphatic heterocycles. The first-order valence-corrected chi connectivity index (χ1v) is 8.42. The predicted octanol–water partition coefficient (Wildman–Crippen LogP) is 2.18. The van der Waals surface area contributed by atoms with Gasteiger partial charge in [-0.15, -0.1) is 0 Å². The second kappa shape index (κ2) is 8.23. The highest BCUT2D eigenvalue weighted by Crippen LogP contribution is 2.12. The van der Waals surface area contributed by atoms with Gasteiger partial charge in [-0.05, 0) is 77.3 Å². The zero-order chi connectivity index (χ0) is 13.5. The Morgan fingerprint density at radius 2 is 1.68 bits per heavy atom. The van der Waals surface area contributed by atoms with Crippen LogP contribution in [-0.4, -0.2) is 61.7 Å². The molecule has 2 heterocycles. The highest BCUT2D eigenvalue weighted by atomic mass is 15.1. The molecule has 2 aliphatic rings. The largest absolute Gasteiger partial charge is 0.314 e. The van der Waals surface area contributed by atoms with Crippen LogP contribution in [0.1, 0.15) is 46.0 Å². The topological polar surface area (TPSA) is 18.5 Å². The van der Waals surface area contributed by atoms with Crippen molar-refractivity contribution in [2.45, 2.75) is 52.0 Å². The van der Waals surface area contributed by atoms with Gasteiger partial charge in [0, 0.05) is 12.6 Å². The molecule has 1 N–H and O–H groups in total. The van der Waals surface area contributed by atoms with Crippen LogP contribution >= 0.6 is 0 Å². The van der Waals surface area contributed by atoms with Crippen LogP contribution in [0.4, 0.5) is 0 Å². The molecule has 0 unspecified atom stereocenters. The maximum absolute atomic E-state index is 3.77. The summed E-state index contributed by atoms with van der Waals surface area (Å²) in [5, 5.41) is 3.77. The molecule has 0 aliphatic carbocycles. The van der Waals surface area contributed by atoms with E-state index in [2.05, 4.69) is 29.0 Å². The quantitative estimate of drug-likeness (QED) is 0.713. The lowest BCUT2D eigenvalue weighted by atomic mass is 10.0. The first kappa shape index (κ1) is 15.3. The van der Waals surface area contributed by atoms with Crippen LogP contribution in [0.3, 0.4) is 0 Å². The molecule has 0 atom stereocenters. The lowest BCUT2D eigenvalue weighted by Gasteiger charge is -2.33. The Bertz CT molecular complexity index is 228. The molecule has 112 valence electrons. The normalized spacial score (nSPS) is 23.5. The van der Waals surface area contributed by atoms with E-state index in [0.29, 0.717) is 0 Å². The van der Waals surface area contributed by atoms with Gasteiger partial charge in [0.25, 0.3) is 0 Å². The van der Waals surface area contributed by atoms with E-state index in [9.17, 15) is 0 Å². The minimum absolute atomic E-state index is 0.780. The van der Waals surface area contributed by atoms with Crippen LogP contribution in [-0.2, 0) is 0 Å². The number of piperidine rings is 1. The molecule has 3 heteroatoms. The van der Waals surface area contributed by atoms with Gasteiger partial charge in [-0.2, -0.15) is 0 Å². The Morgan fingerprint density at radius 1 is 1.00 bits per heavy atom. The van der Waals surface area contributed by atoms with Crippen molar-refractivity contribution in [2.24, 2.45) is 5.92 Å². The summed E-state index contributed by atoms with van der Waals surface area (Å²) in [6.45, 7) is 13.7. The molecular formula is C16H33N3. The third kappa shape index (κ3) is 5.80. The van der Waals surface area contributed by atoms with Gasteiger partial charge >= 0.3 is 0 Å². The van der Waals surface area contributed by atoms with Crippen molar-refractivity contribution in [3.8, 4) is 0 Å². The fourth-order valence-electron chi connectivity index (χ4n) is 3.45. The highest BCUT2D eigenvalue weighted by Gasteiger charge is 2.19. The minimum Gasteiger partial charge on any atom is -0.314 e. The lowest BCUT2D eigenvalue weighted by molar-refractivity contribution is 0.179. The first-order valence-electron chi connectivity index (χ1n) is 8.42. The average molecular weight is 267 g/mol. The Hall–Kier alpha value is -0.120. The van der Waals surface area contributed by atoms with E-state index in [-0.39, 0.29) is 0 Å². The van der Waals surface area contributed by atoms with Gasteiger partial charge in [0.1, 0.15) is 0 Å². The standard InChI is InChI=1S/C16H33N3/c1-15(2)14-19-12-6-16(7-13-19)17-8-5-11-18-9-3-4-10-18/h15-17H,3-14H2,1-2H3. The molecule has 0 saturated carbocycles. The lowest BCUT2D eigenvalue weighted by Crippen LogP contribution is -2.44. The van der Waals surface area contributed by atoms with Crippen molar-refractivity contribution in [1.82, 2.24) is 15.1 Å². The molecule has 0 spiro atoms. The Labute approximate surface area is 119 Å². The fourth-order valence-corrected chi connectivity index (χ4v) is 3.45. The summed E-state index contributed by atoms with van der Waals surface area (Å²) in [7, 11) is 0. The van der Waals surface area contributed by atoms with Gasteiger partial charge in [0.05, 0.1) is 0 Å². The Morgan fingerprint density at radius 3 is 2.32 bits per heavy atom. The summed E-state index contributed by atoms with van der Waals surface area (Å²) in [4.78, 5) is 5.25. The number of likely N-dealkylation sites (tertiary alicyclic amines) is 2. The second-order valence-electron chi connectivity index (χ2n) is 6.83. The van der Waals surface area contributed by atoms with E-state index in [4.69, 9.17) is 0 Å². The number of hydrogen-bond donors (Lipinski definition) is 1. The van der Waals surface area contributed by atoms with Crippen LogP contribution < -0.4 is 5.32 Å². The Balaban J connectivity index is 1.48. The van der Waals surface area contributed by atoms with Crippen molar-refractivity contribution in [2.75, 3.05) is 45.8 Å². The second-order valence-corrected chi connectivity index (χ2v) is 6.83. The highest BCUT2D eigenvalue weighted by molar-refractivity contribution is 4.78. The number of rotatable bonds is 7. The van der Waals surface area contributed by atoms with Crippen molar-refractivity contribution >= 4 is 0 Å². The zero-order valence-electron chi connectivity index (χ0n) is 13.0. The number of hydrogen-bond acceptors (Lipinski definition) is 3. The molecule has 19 heavy (non-hydrogen) atoms. The predicted molar refractivity (Wildman–Crippen MR) is 82.6 cm³/mol. The summed E-state index contributed by atoms with van der Waals surface area (Å²) >= 11 is 0. The molecule has 0 amide bonds. The van der Waals surface area contributed by atoms with Crippen LogP contribution in [0.25, 0.3) is 0 Å². The molecule has 2 rings (SSSR count). The molecule has 0 aromatic heterocycles. The molecule has 2 fully saturated rings. The molecule has 2 saturated heterocycles. The molecular weight excluding hydrogens is 234 g/mol. The number of nitrogens with zero attached hydrogens (tertiary/aromatic N) is 2. The minimum atomic E-state index is 0.780. The summed E-state index contributed by atoms with van der Waals surface area (Å²) < 4.78 is 0. The molecule has 0 bridgehead atoms. The summed E-state index contributed by atoms with van der Waals surface area (Å²) in [5.74, 6) is 0.810. The fraction of sp³-hybridized carbons (Fsp3) is 1.00. The molecule has 0 radical (unpaired) electrons. The first-order chi connectivity index (χ1) is 9.24. The molecule has 3 nitrogen and oxygen atoms in total. The van der Waals surface area contributed by atoms with E-state index in [1.807, 2.05) is 0 Å². The van der Waals surface area contributed by atoms with Crippen molar-refractivity contribution < 1.29 is 0 Å². The van der Waals surface area contributed by atoms with Gasteiger partial charge in [0.2, 0.25) is 0 Å². The van der Waals surface area contributed by atoms with Crippen LogP contribution in [0, 0.1) is 5.92 Å². The number of nitrogens with one attached hydrogen (secondary N) is 1. The van der Waals surface area contributed by atoms with Gasteiger partial charge in [-0.1, -0.05) is 13.8 Å². The van der Waals surface area contributed by atoms with Crippen LogP contribution in [0.5, 0.6) is 0 Å². The van der Waals surface area contributed by atoms with Gasteiger partial charge in [-0.25, -0.2) is 0 Å². The molecule has 0 aromatic rings. The average Bonchev–Trinajstić information content (AvgIpc) is 2.89. The van der Waals surface area contributed by atoms with E-state index >= 15 is 0 Å². The van der Waals surface area contributed by atoms with Crippen molar-refractivity contribution in [3.63, 3.8) is 0 Å². The summed E-state index contributed by atoms with van der Waals surface area (Å²) in [5.41, 5.74) is 0. The smallest absolute Gasteiger partial charge is 0.00914 e. The van der Waals surface area contributed by atoms with Crippen molar-refractivity contribution in [3.05, 3.63) is 0 Å². The van der Waals surface area contributed by atoms with Gasteiger partial charge in [-0.3, -0.25) is 0 Å². The van der Waals surface area contributed by atoms with E-state index in [1.165, 1.54) is 77.9 Å². The van der Waals surface area contributed by atoms with Gasteiger partial charge < -0.3 is 15.1 Å². The molecule has 0 aromatic carbocycles. The maximum Gasteiger partial charge on any atom is 0.00914 e. The van der Waals surface area contributed by atoms with Crippen LogP contribution in [0.2, 0.25) is 0 Å². The van der Waals surface area contributed by atoms with E-state index < -0.39 is 0 Å². The zero-order valence-corrected chi connectivity index (χ0v) is 13.0. The third-order valence-corrected chi connectivity index (χ3v) is 4.49. The summed E-state index contributed by atoms with van der Waals surface area (Å²) in [6.07, 6.45) is 6.85. The van der Waals surface area contributed by atoms with Crippen molar-refractivity contribution in [1.29, 1.82) is 0 Å². The van der Waals surface area contributed by atoms with Crippen LogP contribution in [0.15, 0.2) is 0 Å². The summed E-state index contributed by atoms with van der Waals surface area (Å²) in [6, 6.07) is 0.780. The SMILES string of the molecule is CC(C)CN1CCC(NCCCN2CCCC2)CC1. The Kier molecular flexibility index (Phi) is 6.62. The van der Waals surface area contributed by atoms with E-state index in [0.717, 1.165) is 12.0 Å². The third-order valence-electron chi connectivity index (χ3n) is 4.49. The maximum atomic E-state index is 3.77. The van der Waals surface area contributed by atoms with Gasteiger partial charge in [0.15, 0.2) is 0 Å².